The molecule has 0 aromatic rings. The monoisotopic (exact) mass is 313 g/mol. The highest BCUT2D eigenvalue weighted by atomic mass is 35.5. The Labute approximate surface area is 129 Å². The first-order valence-electron chi connectivity index (χ1n) is 6.76. The summed E-state index contributed by atoms with van der Waals surface area (Å²) < 4.78 is 0. The predicted octanol–water partition coefficient (Wildman–Crippen LogP) is 1.95. The number of nitrogens with two attached hydrogens (primary N) is 1. The van der Waals surface area contributed by atoms with E-state index in [1.807, 2.05) is 0 Å². The minimum absolute atomic E-state index is 0. The maximum absolute atomic E-state index is 12.0. The molecule has 0 heterocycles. The number of amides is 1. The minimum atomic E-state index is -0.584. The summed E-state index contributed by atoms with van der Waals surface area (Å²) >= 11 is 0. The Bertz CT molecular complexity index is 244. The van der Waals surface area contributed by atoms with Gasteiger partial charge in [0.15, 0.2) is 0 Å². The molecule has 0 unspecified atom stereocenters. The van der Waals surface area contributed by atoms with Crippen molar-refractivity contribution in [2.24, 2.45) is 5.73 Å². The second kappa shape index (κ2) is 10.7. The Balaban J connectivity index is 0. The number of nitrogens with zero attached hydrogens (tertiary/aromatic N) is 1. The zero-order valence-corrected chi connectivity index (χ0v) is 13.7. The lowest BCUT2D eigenvalue weighted by molar-refractivity contribution is -0.127. The van der Waals surface area contributed by atoms with Gasteiger partial charge in [0.25, 0.3) is 0 Å². The topological polar surface area (TPSA) is 58.4 Å². The van der Waals surface area contributed by atoms with E-state index in [0.29, 0.717) is 0 Å². The molecule has 116 valence electrons. The summed E-state index contributed by atoms with van der Waals surface area (Å²) in [5.74, 6) is 0.0575. The van der Waals surface area contributed by atoms with E-state index < -0.39 is 5.54 Å². The number of hydrogen-bond acceptors (Lipinski definition) is 3. The van der Waals surface area contributed by atoms with Gasteiger partial charge in [0.1, 0.15) is 0 Å². The van der Waals surface area contributed by atoms with Crippen LogP contribution in [0.3, 0.4) is 0 Å². The van der Waals surface area contributed by atoms with E-state index in [1.165, 1.54) is 6.42 Å². The van der Waals surface area contributed by atoms with Crippen molar-refractivity contribution in [2.75, 3.05) is 27.2 Å². The van der Waals surface area contributed by atoms with Crippen LogP contribution in [0, 0.1) is 0 Å². The van der Waals surface area contributed by atoms with Crippen LogP contribution < -0.4 is 11.1 Å². The smallest absolute Gasteiger partial charge is 0.240 e. The van der Waals surface area contributed by atoms with Crippen molar-refractivity contribution in [1.82, 2.24) is 10.2 Å². The van der Waals surface area contributed by atoms with Crippen molar-refractivity contribution >= 4 is 30.7 Å². The fourth-order valence-electron chi connectivity index (χ4n) is 2.34. The fourth-order valence-corrected chi connectivity index (χ4v) is 2.34. The van der Waals surface area contributed by atoms with Crippen LogP contribution in [0.25, 0.3) is 0 Å². The van der Waals surface area contributed by atoms with Crippen LogP contribution >= 0.6 is 24.8 Å². The van der Waals surface area contributed by atoms with Gasteiger partial charge in [-0.2, -0.15) is 0 Å². The van der Waals surface area contributed by atoms with Gasteiger partial charge in [-0.25, -0.2) is 0 Å². The number of carbonyl (C=O) groups is 1. The Morgan fingerprint density at radius 3 is 2.26 bits per heavy atom. The lowest BCUT2D eigenvalue weighted by Crippen LogP contribution is -2.55. The minimum Gasteiger partial charge on any atom is -0.355 e. The van der Waals surface area contributed by atoms with Crippen molar-refractivity contribution in [3.05, 3.63) is 0 Å². The van der Waals surface area contributed by atoms with Crippen molar-refractivity contribution in [3.8, 4) is 0 Å². The highest BCUT2D eigenvalue weighted by molar-refractivity contribution is 5.86. The van der Waals surface area contributed by atoms with Gasteiger partial charge >= 0.3 is 0 Å². The molecule has 1 aliphatic carbocycles. The molecule has 0 spiro atoms. The Morgan fingerprint density at radius 2 is 1.74 bits per heavy atom. The highest BCUT2D eigenvalue weighted by Crippen LogP contribution is 2.25. The highest BCUT2D eigenvalue weighted by Gasteiger charge is 2.34. The van der Waals surface area contributed by atoms with Crippen LogP contribution in [-0.2, 0) is 4.79 Å². The van der Waals surface area contributed by atoms with E-state index in [9.17, 15) is 4.79 Å². The molecule has 0 aromatic heterocycles. The van der Waals surface area contributed by atoms with Crippen molar-refractivity contribution < 1.29 is 4.79 Å². The predicted molar refractivity (Wildman–Crippen MR) is 85.3 cm³/mol. The molecule has 0 bridgehead atoms. The van der Waals surface area contributed by atoms with Crippen LogP contribution in [0.1, 0.15) is 44.9 Å². The third-order valence-corrected chi connectivity index (χ3v) is 3.52. The van der Waals surface area contributed by atoms with Gasteiger partial charge in [0.2, 0.25) is 5.91 Å². The molecule has 1 rings (SSSR count). The maximum atomic E-state index is 12.0. The summed E-state index contributed by atoms with van der Waals surface area (Å²) in [6.07, 6.45) is 7.22. The quantitative estimate of drug-likeness (QED) is 0.737. The molecule has 1 amide bonds. The summed E-state index contributed by atoms with van der Waals surface area (Å²) in [4.78, 5) is 14.1. The number of rotatable bonds is 6. The van der Waals surface area contributed by atoms with E-state index >= 15 is 0 Å². The lowest BCUT2D eigenvalue weighted by atomic mass is 9.82. The van der Waals surface area contributed by atoms with Crippen molar-refractivity contribution in [3.63, 3.8) is 0 Å². The third kappa shape index (κ3) is 7.98. The molecular weight excluding hydrogens is 285 g/mol. The molecular formula is C13H29Cl2N3O. The summed E-state index contributed by atoms with van der Waals surface area (Å²) in [6, 6.07) is 0. The molecule has 0 saturated heterocycles. The number of carbonyl (C=O) groups excluding carboxylic acids is 1. The van der Waals surface area contributed by atoms with E-state index in [2.05, 4.69) is 24.3 Å². The molecule has 1 saturated carbocycles. The molecule has 1 fully saturated rings. The maximum Gasteiger partial charge on any atom is 0.240 e. The van der Waals surface area contributed by atoms with Crippen LogP contribution in [0.4, 0.5) is 0 Å². The first kappa shape index (κ1) is 21.3. The molecule has 4 nitrogen and oxygen atoms in total. The van der Waals surface area contributed by atoms with Crippen molar-refractivity contribution in [1.29, 1.82) is 0 Å². The second-order valence-electron chi connectivity index (χ2n) is 5.48. The molecule has 6 heteroatoms. The van der Waals surface area contributed by atoms with Crippen molar-refractivity contribution in [2.45, 2.75) is 50.5 Å². The number of halogens is 2. The Hall–Kier alpha value is -0.0300. The second-order valence-corrected chi connectivity index (χ2v) is 5.48. The van der Waals surface area contributed by atoms with E-state index in [-0.39, 0.29) is 30.7 Å². The molecule has 3 N–H and O–H groups in total. The Kier molecular flexibility index (Phi) is 12.0. The first-order valence-corrected chi connectivity index (χ1v) is 6.76. The average Bonchev–Trinajstić information content (AvgIpc) is 2.29. The molecule has 0 atom stereocenters. The van der Waals surface area contributed by atoms with Crippen LogP contribution in [0.5, 0.6) is 0 Å². The van der Waals surface area contributed by atoms with Gasteiger partial charge in [-0.05, 0) is 46.3 Å². The summed E-state index contributed by atoms with van der Waals surface area (Å²) in [7, 11) is 4.13. The number of unbranched alkanes of at least 4 members (excludes halogenated alkanes) is 1. The fraction of sp³-hybridized carbons (Fsp3) is 0.923. The van der Waals surface area contributed by atoms with Gasteiger partial charge in [-0.3, -0.25) is 4.79 Å². The molecule has 19 heavy (non-hydrogen) atoms. The van der Waals surface area contributed by atoms with Gasteiger partial charge in [-0.1, -0.05) is 19.3 Å². The van der Waals surface area contributed by atoms with E-state index in [0.717, 1.165) is 51.6 Å². The largest absolute Gasteiger partial charge is 0.355 e. The summed E-state index contributed by atoms with van der Waals surface area (Å²) in [5.41, 5.74) is 5.56. The molecule has 0 radical (unpaired) electrons. The van der Waals surface area contributed by atoms with Gasteiger partial charge in [-0.15, -0.1) is 24.8 Å². The zero-order valence-electron chi connectivity index (χ0n) is 12.1. The molecule has 0 aromatic carbocycles. The SMILES string of the molecule is CN(C)CCCCNC(=O)C1(N)CCCCC1.Cl.Cl. The van der Waals surface area contributed by atoms with Gasteiger partial charge in [0.05, 0.1) is 5.54 Å². The standard InChI is InChI=1S/C13H27N3O.2ClH/c1-16(2)11-7-6-10-15-12(17)13(14)8-4-3-5-9-13;;/h3-11,14H2,1-2H3,(H,15,17);2*1H. The normalized spacial score (nSPS) is 17.3. The molecule has 1 aliphatic rings. The summed E-state index contributed by atoms with van der Waals surface area (Å²) in [6.45, 7) is 1.83. The zero-order chi connectivity index (χ0) is 12.7. The number of nitrogens with one attached hydrogen (secondary N) is 1. The van der Waals surface area contributed by atoms with Gasteiger partial charge < -0.3 is 16.0 Å². The molecule has 0 aliphatic heterocycles. The van der Waals surface area contributed by atoms with Crippen LogP contribution in [0.15, 0.2) is 0 Å². The van der Waals surface area contributed by atoms with Gasteiger partial charge in [0, 0.05) is 6.54 Å². The first-order chi connectivity index (χ1) is 8.04. The van der Waals surface area contributed by atoms with Crippen LogP contribution in [0.2, 0.25) is 0 Å². The van der Waals surface area contributed by atoms with E-state index in [1.54, 1.807) is 0 Å². The average molecular weight is 314 g/mol. The number of hydrogen-bond donors (Lipinski definition) is 2. The van der Waals surface area contributed by atoms with Crippen LogP contribution in [-0.4, -0.2) is 43.5 Å². The van der Waals surface area contributed by atoms with E-state index in [4.69, 9.17) is 5.73 Å². The summed E-state index contributed by atoms with van der Waals surface area (Å²) in [5, 5.41) is 2.98. The lowest BCUT2D eigenvalue weighted by Gasteiger charge is -2.31. The Morgan fingerprint density at radius 1 is 1.16 bits per heavy atom. The third-order valence-electron chi connectivity index (χ3n) is 3.52.